The van der Waals surface area contributed by atoms with E-state index in [-0.39, 0.29) is 5.92 Å². The van der Waals surface area contributed by atoms with Crippen molar-refractivity contribution in [3.05, 3.63) is 0 Å². The third-order valence-corrected chi connectivity index (χ3v) is 3.44. The highest BCUT2D eigenvalue weighted by atomic mass is 19.4. The predicted octanol–water partition coefficient (Wildman–Crippen LogP) is 3.74. The smallest absolute Gasteiger partial charge is 0.316 e. The second-order valence-corrected chi connectivity index (χ2v) is 4.75. The fraction of sp³-hybridized carbons (Fsp3) is 1.00. The van der Waals surface area contributed by atoms with Gasteiger partial charge in [-0.3, -0.25) is 0 Å². The SMILES string of the molecule is CCCCNCC1CCCCC1C(F)(F)F. The van der Waals surface area contributed by atoms with Crippen molar-refractivity contribution in [2.75, 3.05) is 13.1 Å². The molecule has 2 unspecified atom stereocenters. The molecule has 2 atom stereocenters. The van der Waals surface area contributed by atoms with E-state index in [1.165, 1.54) is 0 Å². The molecule has 96 valence electrons. The maximum Gasteiger partial charge on any atom is 0.392 e. The molecule has 1 saturated carbocycles. The topological polar surface area (TPSA) is 12.0 Å². The molecule has 1 N–H and O–H groups in total. The van der Waals surface area contributed by atoms with Crippen LogP contribution in [0.5, 0.6) is 0 Å². The first kappa shape index (κ1) is 13.8. The van der Waals surface area contributed by atoms with Crippen LogP contribution in [-0.4, -0.2) is 19.3 Å². The van der Waals surface area contributed by atoms with Crippen molar-refractivity contribution < 1.29 is 13.2 Å². The Hall–Kier alpha value is -0.250. The van der Waals surface area contributed by atoms with Crippen molar-refractivity contribution in [2.24, 2.45) is 11.8 Å². The molecule has 0 saturated heterocycles. The van der Waals surface area contributed by atoms with Gasteiger partial charge in [0.25, 0.3) is 0 Å². The summed E-state index contributed by atoms with van der Waals surface area (Å²) in [7, 11) is 0. The highest BCUT2D eigenvalue weighted by Crippen LogP contribution is 2.41. The van der Waals surface area contributed by atoms with E-state index in [0.29, 0.717) is 13.0 Å². The third kappa shape index (κ3) is 4.32. The zero-order valence-corrected chi connectivity index (χ0v) is 9.95. The normalized spacial score (nSPS) is 27.0. The van der Waals surface area contributed by atoms with Gasteiger partial charge in [0, 0.05) is 0 Å². The molecule has 0 aromatic carbocycles. The maximum atomic E-state index is 12.7. The summed E-state index contributed by atoms with van der Waals surface area (Å²) >= 11 is 0. The summed E-state index contributed by atoms with van der Waals surface area (Å²) in [6.07, 6.45) is 0.858. The Balaban J connectivity index is 2.35. The van der Waals surface area contributed by atoms with Crippen molar-refractivity contribution in [3.63, 3.8) is 0 Å². The van der Waals surface area contributed by atoms with Crippen LogP contribution in [0.25, 0.3) is 0 Å². The van der Waals surface area contributed by atoms with Crippen LogP contribution in [0.3, 0.4) is 0 Å². The molecule has 0 aromatic heterocycles. The van der Waals surface area contributed by atoms with Gasteiger partial charge in [-0.05, 0) is 38.3 Å². The number of unbranched alkanes of at least 4 members (excludes halogenated alkanes) is 1. The molecule has 0 amide bonds. The van der Waals surface area contributed by atoms with E-state index in [0.717, 1.165) is 38.6 Å². The Kier molecular flexibility index (Phi) is 5.59. The molecule has 1 nitrogen and oxygen atoms in total. The van der Waals surface area contributed by atoms with Crippen LogP contribution in [0.1, 0.15) is 45.4 Å². The molecule has 4 heteroatoms. The number of rotatable bonds is 5. The van der Waals surface area contributed by atoms with Crippen LogP contribution < -0.4 is 5.32 Å². The number of hydrogen-bond acceptors (Lipinski definition) is 1. The summed E-state index contributed by atoms with van der Waals surface area (Å²) in [6, 6.07) is 0. The van der Waals surface area contributed by atoms with E-state index in [1.807, 2.05) is 0 Å². The molecular formula is C12H22F3N. The van der Waals surface area contributed by atoms with Crippen LogP contribution >= 0.6 is 0 Å². The van der Waals surface area contributed by atoms with Gasteiger partial charge in [0.2, 0.25) is 0 Å². The fourth-order valence-corrected chi connectivity index (χ4v) is 2.47. The summed E-state index contributed by atoms with van der Waals surface area (Å²) in [6.45, 7) is 3.46. The molecular weight excluding hydrogens is 215 g/mol. The molecule has 1 rings (SSSR count). The second kappa shape index (κ2) is 6.48. The standard InChI is InChI=1S/C12H22F3N/c1-2-3-8-16-9-10-6-4-5-7-11(10)12(13,14)15/h10-11,16H,2-9H2,1H3. The van der Waals surface area contributed by atoms with Crippen LogP contribution in [0, 0.1) is 11.8 Å². The number of nitrogens with one attached hydrogen (secondary N) is 1. The van der Waals surface area contributed by atoms with E-state index in [1.54, 1.807) is 0 Å². The van der Waals surface area contributed by atoms with Crippen molar-refractivity contribution in [2.45, 2.75) is 51.6 Å². The van der Waals surface area contributed by atoms with Gasteiger partial charge in [0.1, 0.15) is 0 Å². The Morgan fingerprint density at radius 1 is 1.19 bits per heavy atom. The number of halogens is 3. The largest absolute Gasteiger partial charge is 0.392 e. The molecule has 0 bridgehead atoms. The Morgan fingerprint density at radius 2 is 1.88 bits per heavy atom. The van der Waals surface area contributed by atoms with Crippen molar-refractivity contribution >= 4 is 0 Å². The zero-order chi connectivity index (χ0) is 12.0. The summed E-state index contributed by atoms with van der Waals surface area (Å²) in [5.41, 5.74) is 0. The van der Waals surface area contributed by atoms with E-state index in [4.69, 9.17) is 0 Å². The lowest BCUT2D eigenvalue weighted by atomic mass is 9.78. The maximum absolute atomic E-state index is 12.7. The van der Waals surface area contributed by atoms with Gasteiger partial charge in [-0.1, -0.05) is 26.2 Å². The van der Waals surface area contributed by atoms with Gasteiger partial charge < -0.3 is 5.32 Å². The fourth-order valence-electron chi connectivity index (χ4n) is 2.47. The molecule has 0 heterocycles. The van der Waals surface area contributed by atoms with Crippen molar-refractivity contribution in [3.8, 4) is 0 Å². The Bertz CT molecular complexity index is 191. The highest BCUT2D eigenvalue weighted by Gasteiger charge is 2.44. The Morgan fingerprint density at radius 3 is 2.50 bits per heavy atom. The van der Waals surface area contributed by atoms with Gasteiger partial charge in [0.15, 0.2) is 0 Å². The van der Waals surface area contributed by atoms with E-state index >= 15 is 0 Å². The lowest BCUT2D eigenvalue weighted by Crippen LogP contribution is -2.38. The number of alkyl halides is 3. The van der Waals surface area contributed by atoms with E-state index in [9.17, 15) is 13.2 Å². The molecule has 1 aliphatic carbocycles. The lowest BCUT2D eigenvalue weighted by Gasteiger charge is -2.33. The van der Waals surface area contributed by atoms with Crippen LogP contribution in [0.4, 0.5) is 13.2 Å². The molecule has 0 radical (unpaired) electrons. The van der Waals surface area contributed by atoms with Gasteiger partial charge in [-0.15, -0.1) is 0 Å². The lowest BCUT2D eigenvalue weighted by molar-refractivity contribution is -0.195. The Labute approximate surface area is 95.8 Å². The first-order valence-electron chi connectivity index (χ1n) is 6.33. The minimum absolute atomic E-state index is 0.203. The molecule has 1 fully saturated rings. The predicted molar refractivity (Wildman–Crippen MR) is 59.3 cm³/mol. The van der Waals surface area contributed by atoms with E-state index < -0.39 is 12.1 Å². The van der Waals surface area contributed by atoms with Gasteiger partial charge in [0.05, 0.1) is 5.92 Å². The molecule has 0 spiro atoms. The number of hydrogen-bond donors (Lipinski definition) is 1. The van der Waals surface area contributed by atoms with Crippen LogP contribution in [0.15, 0.2) is 0 Å². The first-order chi connectivity index (χ1) is 7.55. The van der Waals surface area contributed by atoms with Gasteiger partial charge in [-0.2, -0.15) is 13.2 Å². The third-order valence-electron chi connectivity index (χ3n) is 3.44. The van der Waals surface area contributed by atoms with Gasteiger partial charge in [-0.25, -0.2) is 0 Å². The molecule has 0 aromatic rings. The van der Waals surface area contributed by atoms with Gasteiger partial charge >= 0.3 is 6.18 Å². The summed E-state index contributed by atoms with van der Waals surface area (Å²) in [5.74, 6) is -1.28. The molecule has 16 heavy (non-hydrogen) atoms. The molecule has 1 aliphatic rings. The second-order valence-electron chi connectivity index (χ2n) is 4.75. The molecule has 0 aliphatic heterocycles. The van der Waals surface area contributed by atoms with Crippen molar-refractivity contribution in [1.29, 1.82) is 0 Å². The summed E-state index contributed by atoms with van der Waals surface area (Å²) in [5, 5.41) is 3.16. The minimum Gasteiger partial charge on any atom is -0.316 e. The average Bonchev–Trinajstić information content (AvgIpc) is 2.24. The summed E-state index contributed by atoms with van der Waals surface area (Å²) in [4.78, 5) is 0. The highest BCUT2D eigenvalue weighted by molar-refractivity contribution is 4.81. The van der Waals surface area contributed by atoms with Crippen molar-refractivity contribution in [1.82, 2.24) is 5.32 Å². The van der Waals surface area contributed by atoms with Crippen LogP contribution in [-0.2, 0) is 0 Å². The van der Waals surface area contributed by atoms with E-state index in [2.05, 4.69) is 12.2 Å². The average molecular weight is 237 g/mol. The first-order valence-corrected chi connectivity index (χ1v) is 6.33. The minimum atomic E-state index is -4.00. The van der Waals surface area contributed by atoms with Crippen LogP contribution in [0.2, 0.25) is 0 Å². The zero-order valence-electron chi connectivity index (χ0n) is 9.95. The quantitative estimate of drug-likeness (QED) is 0.718. The summed E-state index contributed by atoms with van der Waals surface area (Å²) < 4.78 is 38.2. The monoisotopic (exact) mass is 237 g/mol.